The van der Waals surface area contributed by atoms with Gasteiger partial charge in [0.2, 0.25) is 11.8 Å². The van der Waals surface area contributed by atoms with Gasteiger partial charge in [0, 0.05) is 19.0 Å². The Balaban J connectivity index is 3.16. The monoisotopic (exact) mass is 446 g/mol. The lowest BCUT2D eigenvalue weighted by atomic mass is 9.68. The van der Waals surface area contributed by atoms with Crippen molar-refractivity contribution in [1.29, 1.82) is 0 Å². The summed E-state index contributed by atoms with van der Waals surface area (Å²) in [6, 6.07) is 0. The lowest BCUT2D eigenvalue weighted by molar-refractivity contribution is -0.131. The topological polar surface area (TPSA) is 58.2 Å². The lowest BCUT2D eigenvalue weighted by Gasteiger charge is -2.37. The van der Waals surface area contributed by atoms with Gasteiger partial charge in [0.15, 0.2) is 0 Å². The lowest BCUT2D eigenvalue weighted by Crippen LogP contribution is -2.47. The highest BCUT2D eigenvalue weighted by molar-refractivity contribution is 5.85. The van der Waals surface area contributed by atoms with Gasteiger partial charge < -0.3 is 10.6 Å². The molecule has 32 heavy (non-hydrogen) atoms. The number of amides is 2. The van der Waals surface area contributed by atoms with Crippen LogP contribution in [0.1, 0.15) is 92.9 Å². The number of hydrogen-bond acceptors (Lipinski definition) is 2. The van der Waals surface area contributed by atoms with E-state index in [1.807, 2.05) is 0 Å². The van der Waals surface area contributed by atoms with Gasteiger partial charge in [-0.3, -0.25) is 9.59 Å². The molecule has 1 rings (SSSR count). The van der Waals surface area contributed by atoms with Crippen LogP contribution in [0.25, 0.3) is 0 Å². The van der Waals surface area contributed by atoms with Gasteiger partial charge >= 0.3 is 0 Å². The highest BCUT2D eigenvalue weighted by Crippen LogP contribution is 2.38. The minimum absolute atomic E-state index is 0.0480. The van der Waals surface area contributed by atoms with E-state index in [2.05, 4.69) is 76.5 Å². The average molecular weight is 447 g/mol. The predicted octanol–water partition coefficient (Wildman–Crippen LogP) is 6.28. The Morgan fingerprint density at radius 2 is 1.44 bits per heavy atom. The first kappa shape index (κ1) is 28.5. The molecule has 0 radical (unpaired) electrons. The van der Waals surface area contributed by atoms with Crippen LogP contribution >= 0.6 is 0 Å². The second-order valence-corrected chi connectivity index (χ2v) is 10.4. The van der Waals surface area contributed by atoms with Gasteiger partial charge in [-0.05, 0) is 37.0 Å². The van der Waals surface area contributed by atoms with Crippen LogP contribution in [0.2, 0.25) is 0 Å². The summed E-state index contributed by atoms with van der Waals surface area (Å²) in [4.78, 5) is 26.5. The van der Waals surface area contributed by atoms with Crippen molar-refractivity contribution in [2.75, 3.05) is 13.1 Å². The number of allylic oxidation sites excluding steroid dienone is 3. The molecular weight excluding hydrogens is 396 g/mol. The van der Waals surface area contributed by atoms with Gasteiger partial charge in [-0.1, -0.05) is 98.0 Å². The van der Waals surface area contributed by atoms with E-state index in [0.717, 1.165) is 25.7 Å². The Morgan fingerprint density at radius 1 is 0.844 bits per heavy atom. The van der Waals surface area contributed by atoms with E-state index in [1.165, 1.54) is 25.7 Å². The molecule has 0 unspecified atom stereocenters. The predicted molar refractivity (Wildman–Crippen MR) is 136 cm³/mol. The summed E-state index contributed by atoms with van der Waals surface area (Å²) in [7, 11) is 0. The molecule has 4 heteroatoms. The van der Waals surface area contributed by atoms with Crippen LogP contribution in [0.15, 0.2) is 24.3 Å². The van der Waals surface area contributed by atoms with Crippen molar-refractivity contribution in [3.63, 3.8) is 0 Å². The molecule has 2 amide bonds. The summed E-state index contributed by atoms with van der Waals surface area (Å²) in [6.45, 7) is 14.2. The third-order valence-corrected chi connectivity index (χ3v) is 6.30. The van der Waals surface area contributed by atoms with Crippen LogP contribution in [0.5, 0.6) is 0 Å². The zero-order valence-electron chi connectivity index (χ0n) is 21.7. The van der Waals surface area contributed by atoms with Crippen molar-refractivity contribution in [1.82, 2.24) is 10.6 Å². The third-order valence-electron chi connectivity index (χ3n) is 6.30. The summed E-state index contributed by atoms with van der Waals surface area (Å²) in [5, 5.41) is 6.30. The van der Waals surface area contributed by atoms with Gasteiger partial charge in [-0.25, -0.2) is 0 Å². The molecule has 0 saturated heterocycles. The number of carbonyl (C=O) groups is 2. The van der Waals surface area contributed by atoms with Crippen LogP contribution in [0, 0.1) is 35.5 Å². The molecule has 2 N–H and O–H groups in total. The Hall–Kier alpha value is -1.58. The summed E-state index contributed by atoms with van der Waals surface area (Å²) >= 11 is 0. The van der Waals surface area contributed by atoms with Gasteiger partial charge in [0.05, 0.1) is 11.8 Å². The maximum absolute atomic E-state index is 13.4. The molecule has 184 valence electrons. The molecule has 0 aromatic carbocycles. The maximum atomic E-state index is 13.4. The van der Waals surface area contributed by atoms with Gasteiger partial charge in [-0.15, -0.1) is 0 Å². The molecule has 0 bridgehead atoms. The molecule has 0 saturated carbocycles. The Morgan fingerprint density at radius 3 is 2.03 bits per heavy atom. The van der Waals surface area contributed by atoms with Crippen molar-refractivity contribution >= 4 is 11.8 Å². The fourth-order valence-electron chi connectivity index (χ4n) is 4.41. The molecule has 4 atom stereocenters. The standard InChI is InChI=1S/C28H50N2O2/c1-7-9-11-12-14-16-24-25(27(31)29-19-21(3)4)18-17-23(15-13-10-8-2)26(24)28(32)30-20-22(5)6/h14,16-18,21-26H,7-13,15,19-20H2,1-6H3,(H,29,31)(H,30,32)/b16-14+/t23-,24-,25+,26-/m1/s1. The van der Waals surface area contributed by atoms with Crippen molar-refractivity contribution < 1.29 is 9.59 Å². The SMILES string of the molecule is CCCCC/C=C/[C@H]1[C@H](C(=O)NCC(C)C)[C@H](CCCCC)C=C[C@@H]1C(=O)NCC(C)C. The quantitative estimate of drug-likeness (QED) is 0.230. The van der Waals surface area contributed by atoms with E-state index in [0.29, 0.717) is 24.9 Å². The fraction of sp³-hybridized carbons (Fsp3) is 0.786. The first-order chi connectivity index (χ1) is 15.3. The molecule has 0 fully saturated rings. The Bertz CT molecular complexity index is 594. The smallest absolute Gasteiger partial charge is 0.227 e. The van der Waals surface area contributed by atoms with E-state index in [4.69, 9.17) is 0 Å². The molecule has 0 spiro atoms. The molecule has 4 nitrogen and oxygen atoms in total. The third kappa shape index (κ3) is 10.4. The van der Waals surface area contributed by atoms with E-state index in [1.54, 1.807) is 0 Å². The first-order valence-corrected chi connectivity index (χ1v) is 13.2. The van der Waals surface area contributed by atoms with Crippen molar-refractivity contribution in [3.8, 4) is 0 Å². The second kappa shape index (κ2) is 16.1. The zero-order chi connectivity index (χ0) is 23.9. The van der Waals surface area contributed by atoms with Crippen molar-refractivity contribution in [3.05, 3.63) is 24.3 Å². The van der Waals surface area contributed by atoms with Crippen LogP contribution in [-0.4, -0.2) is 24.9 Å². The number of unbranched alkanes of at least 4 members (excludes halogenated alkanes) is 5. The number of carbonyl (C=O) groups excluding carboxylic acids is 2. The highest BCUT2D eigenvalue weighted by Gasteiger charge is 2.41. The Labute approximate surface area is 198 Å². The molecule has 0 aromatic rings. The number of nitrogens with one attached hydrogen (secondary N) is 2. The second-order valence-electron chi connectivity index (χ2n) is 10.4. The maximum Gasteiger partial charge on any atom is 0.227 e. The zero-order valence-corrected chi connectivity index (χ0v) is 21.7. The molecule has 0 aromatic heterocycles. The average Bonchev–Trinajstić information content (AvgIpc) is 2.75. The van der Waals surface area contributed by atoms with E-state index in [9.17, 15) is 9.59 Å². The molecular formula is C28H50N2O2. The summed E-state index contributed by atoms with van der Waals surface area (Å²) in [5.41, 5.74) is 0. The van der Waals surface area contributed by atoms with E-state index < -0.39 is 0 Å². The number of rotatable bonds is 15. The normalized spacial score (nSPS) is 23.2. The summed E-state index contributed by atoms with van der Waals surface area (Å²) < 4.78 is 0. The summed E-state index contributed by atoms with van der Waals surface area (Å²) in [5.74, 6) is 0.592. The van der Waals surface area contributed by atoms with Crippen molar-refractivity contribution in [2.24, 2.45) is 35.5 Å². The van der Waals surface area contributed by atoms with Gasteiger partial charge in [-0.2, -0.15) is 0 Å². The minimum Gasteiger partial charge on any atom is -0.356 e. The minimum atomic E-state index is -0.284. The van der Waals surface area contributed by atoms with Crippen LogP contribution in [0.4, 0.5) is 0 Å². The number of hydrogen-bond donors (Lipinski definition) is 2. The summed E-state index contributed by atoms with van der Waals surface area (Å²) in [6.07, 6.45) is 17.7. The van der Waals surface area contributed by atoms with Crippen LogP contribution < -0.4 is 10.6 Å². The highest BCUT2D eigenvalue weighted by atomic mass is 16.2. The van der Waals surface area contributed by atoms with E-state index in [-0.39, 0.29) is 35.5 Å². The van der Waals surface area contributed by atoms with Crippen molar-refractivity contribution in [2.45, 2.75) is 92.9 Å². The largest absolute Gasteiger partial charge is 0.356 e. The fourth-order valence-corrected chi connectivity index (χ4v) is 4.41. The first-order valence-electron chi connectivity index (χ1n) is 13.2. The molecule has 1 aliphatic rings. The van der Waals surface area contributed by atoms with Crippen LogP contribution in [-0.2, 0) is 9.59 Å². The van der Waals surface area contributed by atoms with Crippen LogP contribution in [0.3, 0.4) is 0 Å². The molecule has 0 heterocycles. The van der Waals surface area contributed by atoms with Gasteiger partial charge in [0.1, 0.15) is 0 Å². The molecule has 0 aliphatic heterocycles. The van der Waals surface area contributed by atoms with E-state index >= 15 is 0 Å². The molecule has 1 aliphatic carbocycles. The van der Waals surface area contributed by atoms with Gasteiger partial charge in [0.25, 0.3) is 0 Å². The Kier molecular flexibility index (Phi) is 14.3.